The fraction of sp³-hybridized carbons (Fsp3) is 0.462. The zero-order valence-corrected chi connectivity index (χ0v) is 11.9. The van der Waals surface area contributed by atoms with Gasteiger partial charge in [-0.25, -0.2) is 0 Å². The number of hydrogen-bond donors (Lipinski definition) is 1. The van der Waals surface area contributed by atoms with E-state index in [1.807, 2.05) is 29.4 Å². The Morgan fingerprint density at radius 2 is 2.22 bits per heavy atom. The zero-order chi connectivity index (χ0) is 12.5. The Morgan fingerprint density at radius 3 is 2.94 bits per heavy atom. The minimum absolute atomic E-state index is 0.0674. The van der Waals surface area contributed by atoms with Gasteiger partial charge in [0.05, 0.1) is 10.2 Å². The van der Waals surface area contributed by atoms with Crippen molar-refractivity contribution < 1.29 is 4.79 Å². The number of hydrogen-bond acceptors (Lipinski definition) is 3. The third-order valence-corrected chi connectivity index (χ3v) is 5.35. The second-order valence-corrected chi connectivity index (χ2v) is 6.79. The smallest absolute Gasteiger partial charge is 0.268 e. The Kier molecular flexibility index (Phi) is 3.35. The van der Waals surface area contributed by atoms with Crippen LogP contribution in [0.1, 0.15) is 23.3 Å². The van der Waals surface area contributed by atoms with Crippen molar-refractivity contribution in [3.8, 4) is 0 Å². The maximum Gasteiger partial charge on any atom is 0.268 e. The van der Waals surface area contributed by atoms with Crippen molar-refractivity contribution in [2.45, 2.75) is 18.9 Å². The molecule has 0 spiro atoms. The quantitative estimate of drug-likeness (QED) is 0.918. The van der Waals surface area contributed by atoms with E-state index in [-0.39, 0.29) is 5.91 Å². The summed E-state index contributed by atoms with van der Waals surface area (Å²) in [6, 6.07) is 4.41. The Balaban J connectivity index is 1.78. The van der Waals surface area contributed by atoms with Crippen molar-refractivity contribution in [2.75, 3.05) is 11.5 Å². The highest BCUT2D eigenvalue weighted by Crippen LogP contribution is 2.24. The van der Waals surface area contributed by atoms with Gasteiger partial charge in [-0.1, -0.05) is 0 Å². The van der Waals surface area contributed by atoms with Gasteiger partial charge in [0.2, 0.25) is 0 Å². The van der Waals surface area contributed by atoms with Gasteiger partial charge in [0.15, 0.2) is 0 Å². The summed E-state index contributed by atoms with van der Waals surface area (Å²) in [5.74, 6) is 2.39. The Morgan fingerprint density at radius 1 is 1.44 bits per heavy atom. The van der Waals surface area contributed by atoms with E-state index >= 15 is 0 Å². The first-order valence-electron chi connectivity index (χ1n) is 6.17. The van der Waals surface area contributed by atoms with Crippen LogP contribution in [0.25, 0.3) is 10.2 Å². The second-order valence-electron chi connectivity index (χ2n) is 4.62. The molecule has 1 aliphatic rings. The first kappa shape index (κ1) is 12.1. The summed E-state index contributed by atoms with van der Waals surface area (Å²) in [5.41, 5.74) is 1.92. The van der Waals surface area contributed by atoms with Crippen LogP contribution in [0, 0.1) is 0 Å². The van der Waals surface area contributed by atoms with Gasteiger partial charge in [0.25, 0.3) is 5.91 Å². The number of nitrogens with zero attached hydrogens (tertiary/aromatic N) is 1. The van der Waals surface area contributed by atoms with Gasteiger partial charge in [0, 0.05) is 13.1 Å². The van der Waals surface area contributed by atoms with E-state index in [0.717, 1.165) is 35.6 Å². The number of nitrogens with one attached hydrogen (secondary N) is 1. The number of thioether (sulfide) groups is 1. The molecule has 3 heterocycles. The zero-order valence-electron chi connectivity index (χ0n) is 10.3. The largest absolute Gasteiger partial charge is 0.348 e. The van der Waals surface area contributed by atoms with Crippen LogP contribution in [-0.2, 0) is 7.05 Å². The van der Waals surface area contributed by atoms with Crippen LogP contribution in [0.15, 0.2) is 17.5 Å². The van der Waals surface area contributed by atoms with Crippen LogP contribution in [0.5, 0.6) is 0 Å². The van der Waals surface area contributed by atoms with Crippen LogP contribution >= 0.6 is 23.1 Å². The van der Waals surface area contributed by atoms with E-state index in [1.165, 1.54) is 4.70 Å². The summed E-state index contributed by atoms with van der Waals surface area (Å²) in [4.78, 5) is 12.3. The van der Waals surface area contributed by atoms with Gasteiger partial charge in [-0.3, -0.25) is 4.79 Å². The molecule has 3 rings (SSSR count). The molecule has 0 saturated carbocycles. The molecule has 2 aromatic heterocycles. The molecule has 96 valence electrons. The summed E-state index contributed by atoms with van der Waals surface area (Å²) in [5, 5.41) is 5.22. The van der Waals surface area contributed by atoms with E-state index in [2.05, 4.69) is 16.8 Å². The minimum atomic E-state index is 0.0674. The fourth-order valence-electron chi connectivity index (χ4n) is 2.37. The molecule has 0 radical (unpaired) electrons. The molecule has 1 amide bonds. The third-order valence-electron chi connectivity index (χ3n) is 3.45. The predicted octanol–water partition coefficient (Wildman–Crippen LogP) is 2.87. The van der Waals surface area contributed by atoms with Gasteiger partial charge in [-0.05, 0) is 41.9 Å². The minimum Gasteiger partial charge on any atom is -0.348 e. The van der Waals surface area contributed by atoms with Crippen LogP contribution in [-0.4, -0.2) is 28.0 Å². The van der Waals surface area contributed by atoms with Gasteiger partial charge in [-0.15, -0.1) is 11.3 Å². The molecule has 5 heteroatoms. The second kappa shape index (κ2) is 4.97. The monoisotopic (exact) mass is 280 g/mol. The van der Waals surface area contributed by atoms with E-state index in [0.29, 0.717) is 6.04 Å². The molecule has 1 saturated heterocycles. The third kappa shape index (κ3) is 2.17. The number of aromatic nitrogens is 1. The predicted molar refractivity (Wildman–Crippen MR) is 78.6 cm³/mol. The molecule has 0 aromatic carbocycles. The Bertz CT molecular complexity index is 567. The van der Waals surface area contributed by atoms with Gasteiger partial charge in [-0.2, -0.15) is 11.8 Å². The highest BCUT2D eigenvalue weighted by atomic mass is 32.2. The summed E-state index contributed by atoms with van der Waals surface area (Å²) in [6.45, 7) is 0. The molecule has 18 heavy (non-hydrogen) atoms. The number of carbonyl (C=O) groups excluding carboxylic acids is 1. The Labute approximate surface area is 115 Å². The maximum atomic E-state index is 12.3. The standard InChI is InChI=1S/C13H16N2OS2/c1-15-10-4-7-18-12(10)8-11(15)13(16)14-9-2-5-17-6-3-9/h4,7-9H,2-3,5-6H2,1H3,(H,14,16). The summed E-state index contributed by atoms with van der Waals surface area (Å²) in [6.07, 6.45) is 2.18. The number of thiophene rings is 1. The van der Waals surface area contributed by atoms with Crippen LogP contribution < -0.4 is 5.32 Å². The molecular weight excluding hydrogens is 264 g/mol. The van der Waals surface area contributed by atoms with Gasteiger partial charge in [0.1, 0.15) is 5.69 Å². The van der Waals surface area contributed by atoms with Crippen molar-refractivity contribution in [1.29, 1.82) is 0 Å². The lowest BCUT2D eigenvalue weighted by Gasteiger charge is -2.22. The van der Waals surface area contributed by atoms with Crippen molar-refractivity contribution in [3.63, 3.8) is 0 Å². The lowest BCUT2D eigenvalue weighted by atomic mass is 10.1. The highest BCUT2D eigenvalue weighted by Gasteiger charge is 2.19. The Hall–Kier alpha value is -0.940. The van der Waals surface area contributed by atoms with E-state index in [1.54, 1.807) is 11.3 Å². The molecule has 2 aromatic rings. The lowest BCUT2D eigenvalue weighted by Crippen LogP contribution is -2.38. The maximum absolute atomic E-state index is 12.3. The van der Waals surface area contributed by atoms with Crippen LogP contribution in [0.3, 0.4) is 0 Å². The summed E-state index contributed by atoms with van der Waals surface area (Å²) >= 11 is 3.66. The van der Waals surface area contributed by atoms with E-state index in [4.69, 9.17) is 0 Å². The van der Waals surface area contributed by atoms with E-state index < -0.39 is 0 Å². The number of amides is 1. The van der Waals surface area contributed by atoms with Crippen LogP contribution in [0.4, 0.5) is 0 Å². The normalized spacial score (nSPS) is 17.2. The topological polar surface area (TPSA) is 34.0 Å². The highest BCUT2D eigenvalue weighted by molar-refractivity contribution is 7.99. The molecule has 0 bridgehead atoms. The number of aryl methyl sites for hydroxylation is 1. The average Bonchev–Trinajstić information content (AvgIpc) is 2.94. The van der Waals surface area contributed by atoms with E-state index in [9.17, 15) is 4.79 Å². The number of rotatable bonds is 2. The average molecular weight is 280 g/mol. The van der Waals surface area contributed by atoms with Crippen molar-refractivity contribution in [1.82, 2.24) is 9.88 Å². The molecule has 0 atom stereocenters. The van der Waals surface area contributed by atoms with Crippen molar-refractivity contribution >= 4 is 39.2 Å². The fourth-order valence-corrected chi connectivity index (χ4v) is 4.32. The summed E-state index contributed by atoms with van der Waals surface area (Å²) in [7, 11) is 1.96. The van der Waals surface area contributed by atoms with Crippen molar-refractivity contribution in [2.24, 2.45) is 7.05 Å². The first-order valence-corrected chi connectivity index (χ1v) is 8.20. The van der Waals surface area contributed by atoms with Crippen LogP contribution in [0.2, 0.25) is 0 Å². The van der Waals surface area contributed by atoms with Gasteiger partial charge >= 0.3 is 0 Å². The molecule has 0 aliphatic carbocycles. The number of fused-ring (bicyclic) bond motifs is 1. The first-order chi connectivity index (χ1) is 8.75. The summed E-state index contributed by atoms with van der Waals surface area (Å²) < 4.78 is 3.17. The van der Waals surface area contributed by atoms with Crippen molar-refractivity contribution in [3.05, 3.63) is 23.2 Å². The molecule has 0 unspecified atom stereocenters. The SMILES string of the molecule is Cn1c(C(=O)NC2CCSCC2)cc2sccc21. The lowest BCUT2D eigenvalue weighted by molar-refractivity contribution is 0.0927. The molecule has 1 aliphatic heterocycles. The molecular formula is C13H16N2OS2. The number of carbonyl (C=O) groups is 1. The molecule has 1 fully saturated rings. The molecule has 1 N–H and O–H groups in total. The van der Waals surface area contributed by atoms with Gasteiger partial charge < -0.3 is 9.88 Å². The molecule has 3 nitrogen and oxygen atoms in total.